The van der Waals surface area contributed by atoms with Crippen LogP contribution in [-0.2, 0) is 6.42 Å². The average Bonchev–Trinajstić information content (AvgIpc) is 2.44. The van der Waals surface area contributed by atoms with Crippen molar-refractivity contribution in [3.8, 4) is 0 Å². The molecule has 0 amide bonds. The summed E-state index contributed by atoms with van der Waals surface area (Å²) in [5.41, 5.74) is 8.17. The molecule has 0 aliphatic carbocycles. The fraction of sp³-hybridized carbons (Fsp3) is 0.312. The maximum absolute atomic E-state index is 4.41. The topological polar surface area (TPSA) is 50.2 Å². The van der Waals surface area contributed by atoms with Gasteiger partial charge in [0.1, 0.15) is 0 Å². The third-order valence-electron chi connectivity index (χ3n) is 3.13. The quantitative estimate of drug-likeness (QED) is 0.682. The number of hydrazone groups is 1. The van der Waals surface area contributed by atoms with Crippen molar-refractivity contribution < 1.29 is 0 Å². The summed E-state index contributed by atoms with van der Waals surface area (Å²) in [7, 11) is 0. The van der Waals surface area contributed by atoms with Gasteiger partial charge in [0, 0.05) is 17.0 Å². The monoisotopic (exact) mass is 268 g/mol. The smallest absolute Gasteiger partial charge is 0.243 e. The van der Waals surface area contributed by atoms with E-state index in [0.717, 1.165) is 29.1 Å². The van der Waals surface area contributed by atoms with E-state index in [1.54, 1.807) is 0 Å². The lowest BCUT2D eigenvalue weighted by Gasteiger charge is -2.07. The normalized spacial score (nSPS) is 11.5. The summed E-state index contributed by atoms with van der Waals surface area (Å²) >= 11 is 0. The highest BCUT2D eigenvalue weighted by atomic mass is 15.4. The van der Waals surface area contributed by atoms with E-state index in [0.29, 0.717) is 5.95 Å². The third-order valence-corrected chi connectivity index (χ3v) is 3.13. The van der Waals surface area contributed by atoms with E-state index < -0.39 is 0 Å². The molecule has 2 rings (SSSR count). The zero-order valence-electron chi connectivity index (χ0n) is 12.4. The van der Waals surface area contributed by atoms with Crippen LogP contribution in [0, 0.1) is 13.8 Å². The lowest BCUT2D eigenvalue weighted by molar-refractivity contribution is 0.969. The molecule has 2 aromatic rings. The summed E-state index contributed by atoms with van der Waals surface area (Å²) in [6.07, 6.45) is 0.887. The maximum atomic E-state index is 4.41. The van der Waals surface area contributed by atoms with Crippen LogP contribution < -0.4 is 5.43 Å². The van der Waals surface area contributed by atoms with Gasteiger partial charge in [-0.2, -0.15) is 5.10 Å². The van der Waals surface area contributed by atoms with Gasteiger partial charge in [0.05, 0.1) is 5.71 Å². The molecule has 1 N–H and O–H groups in total. The molecule has 0 atom stereocenters. The molecule has 4 nitrogen and oxygen atoms in total. The summed E-state index contributed by atoms with van der Waals surface area (Å²) in [6.45, 7) is 8.09. The van der Waals surface area contributed by atoms with Crippen LogP contribution in [0.1, 0.15) is 36.4 Å². The Morgan fingerprint density at radius 2 is 1.95 bits per heavy atom. The molecule has 0 aliphatic rings. The molecule has 0 bridgehead atoms. The summed E-state index contributed by atoms with van der Waals surface area (Å²) in [6, 6.07) is 10.2. The molecule has 104 valence electrons. The molecule has 1 aromatic carbocycles. The first-order chi connectivity index (χ1) is 9.60. The molecule has 1 heterocycles. The molecular formula is C16H20N4. The Kier molecular flexibility index (Phi) is 4.45. The van der Waals surface area contributed by atoms with Gasteiger partial charge >= 0.3 is 0 Å². The highest BCUT2D eigenvalue weighted by molar-refractivity contribution is 6.00. The molecule has 1 aromatic heterocycles. The summed E-state index contributed by atoms with van der Waals surface area (Å²) in [5.74, 6) is 0.551. The van der Waals surface area contributed by atoms with Crippen LogP contribution in [0.25, 0.3) is 0 Å². The molecule has 0 saturated carbocycles. The average molecular weight is 268 g/mol. The predicted octanol–water partition coefficient (Wildman–Crippen LogP) is 3.49. The van der Waals surface area contributed by atoms with Crippen molar-refractivity contribution in [3.63, 3.8) is 0 Å². The third kappa shape index (κ3) is 3.41. The van der Waals surface area contributed by atoms with Crippen molar-refractivity contribution in [1.29, 1.82) is 0 Å². The predicted molar refractivity (Wildman–Crippen MR) is 83.2 cm³/mol. The Bertz CT molecular complexity index is 632. The number of hydrogen-bond acceptors (Lipinski definition) is 4. The van der Waals surface area contributed by atoms with Crippen LogP contribution in [0.5, 0.6) is 0 Å². The number of aromatic nitrogens is 2. The highest BCUT2D eigenvalue weighted by Crippen LogP contribution is 2.10. The first kappa shape index (κ1) is 14.2. The number of aryl methyl sites for hydroxylation is 3. The number of nitrogens with one attached hydrogen (secondary N) is 1. The fourth-order valence-corrected chi connectivity index (χ4v) is 2.04. The minimum Gasteiger partial charge on any atom is -0.245 e. The number of hydrogen-bond donors (Lipinski definition) is 1. The lowest BCUT2D eigenvalue weighted by Crippen LogP contribution is -2.05. The van der Waals surface area contributed by atoms with E-state index in [2.05, 4.69) is 46.5 Å². The highest BCUT2D eigenvalue weighted by Gasteiger charge is 2.03. The van der Waals surface area contributed by atoms with Gasteiger partial charge in [0.2, 0.25) is 5.95 Å². The molecule has 0 spiro atoms. The number of anilines is 1. The zero-order valence-corrected chi connectivity index (χ0v) is 12.4. The Balaban J connectivity index is 2.21. The second kappa shape index (κ2) is 6.28. The van der Waals surface area contributed by atoms with Crippen LogP contribution in [-0.4, -0.2) is 15.7 Å². The molecule has 0 aliphatic heterocycles. The molecule has 0 saturated heterocycles. The molecule has 0 unspecified atom stereocenters. The Labute approximate surface area is 120 Å². The summed E-state index contributed by atoms with van der Waals surface area (Å²) in [5, 5.41) is 4.38. The van der Waals surface area contributed by atoms with Crippen LogP contribution in [0.2, 0.25) is 0 Å². The van der Waals surface area contributed by atoms with Gasteiger partial charge in [-0.05, 0) is 38.8 Å². The SMILES string of the molecule is CCc1cc(C)nc(NN=C(C)c2ccccc2C)n1. The van der Waals surface area contributed by atoms with Crippen molar-refractivity contribution in [1.82, 2.24) is 9.97 Å². The standard InChI is InChI=1S/C16H20N4/c1-5-14-10-12(3)17-16(18-14)20-19-13(4)15-9-7-6-8-11(15)2/h6-10H,5H2,1-4H3,(H,17,18,20). The van der Waals surface area contributed by atoms with Gasteiger partial charge in [-0.1, -0.05) is 31.2 Å². The molecule has 20 heavy (non-hydrogen) atoms. The van der Waals surface area contributed by atoms with Crippen LogP contribution >= 0.6 is 0 Å². The van der Waals surface area contributed by atoms with Crippen molar-refractivity contribution in [2.24, 2.45) is 5.10 Å². The van der Waals surface area contributed by atoms with E-state index in [9.17, 15) is 0 Å². The van der Waals surface area contributed by atoms with Crippen molar-refractivity contribution in [3.05, 3.63) is 52.8 Å². The van der Waals surface area contributed by atoms with Gasteiger partial charge in [0.25, 0.3) is 0 Å². The second-order valence-electron chi connectivity index (χ2n) is 4.80. The summed E-state index contributed by atoms with van der Waals surface area (Å²) in [4.78, 5) is 8.75. The van der Waals surface area contributed by atoms with Crippen molar-refractivity contribution in [2.45, 2.75) is 34.1 Å². The van der Waals surface area contributed by atoms with E-state index in [4.69, 9.17) is 0 Å². The van der Waals surface area contributed by atoms with Gasteiger partial charge in [-0.25, -0.2) is 15.4 Å². The Morgan fingerprint density at radius 3 is 2.65 bits per heavy atom. The first-order valence-electron chi connectivity index (χ1n) is 6.81. The van der Waals surface area contributed by atoms with Crippen molar-refractivity contribution >= 4 is 11.7 Å². The van der Waals surface area contributed by atoms with Gasteiger partial charge in [-0.3, -0.25) is 0 Å². The van der Waals surface area contributed by atoms with E-state index >= 15 is 0 Å². The number of benzene rings is 1. The summed E-state index contributed by atoms with van der Waals surface area (Å²) < 4.78 is 0. The van der Waals surface area contributed by atoms with Crippen molar-refractivity contribution in [2.75, 3.05) is 5.43 Å². The van der Waals surface area contributed by atoms with Crippen LogP contribution in [0.15, 0.2) is 35.4 Å². The Morgan fingerprint density at radius 1 is 1.20 bits per heavy atom. The van der Waals surface area contributed by atoms with E-state index in [1.807, 2.05) is 32.0 Å². The second-order valence-corrected chi connectivity index (χ2v) is 4.80. The Hall–Kier alpha value is -2.23. The fourth-order valence-electron chi connectivity index (χ4n) is 2.04. The molecule has 4 heteroatoms. The first-order valence-corrected chi connectivity index (χ1v) is 6.81. The van der Waals surface area contributed by atoms with Gasteiger partial charge < -0.3 is 0 Å². The lowest BCUT2D eigenvalue weighted by atomic mass is 10.1. The maximum Gasteiger partial charge on any atom is 0.243 e. The van der Waals surface area contributed by atoms with Crippen LogP contribution in [0.4, 0.5) is 5.95 Å². The largest absolute Gasteiger partial charge is 0.245 e. The minimum absolute atomic E-state index is 0.551. The van der Waals surface area contributed by atoms with E-state index in [-0.39, 0.29) is 0 Å². The molecular weight excluding hydrogens is 248 g/mol. The molecule has 0 radical (unpaired) electrons. The number of rotatable bonds is 4. The minimum atomic E-state index is 0.551. The van der Waals surface area contributed by atoms with E-state index in [1.165, 1.54) is 5.56 Å². The van der Waals surface area contributed by atoms with Gasteiger partial charge in [-0.15, -0.1) is 0 Å². The zero-order chi connectivity index (χ0) is 14.5. The van der Waals surface area contributed by atoms with Gasteiger partial charge in [0.15, 0.2) is 0 Å². The number of nitrogens with zero attached hydrogens (tertiary/aromatic N) is 3. The molecule has 0 fully saturated rings. The van der Waals surface area contributed by atoms with Crippen LogP contribution in [0.3, 0.4) is 0 Å².